The van der Waals surface area contributed by atoms with Crippen molar-refractivity contribution < 1.29 is 23.1 Å². The van der Waals surface area contributed by atoms with Gasteiger partial charge in [0.1, 0.15) is 11.6 Å². The standard InChI is InChI=1S/C15H11FO4/c16-12-5-3-11(4-6-12)14(17)10-20-15(18)8-7-13-2-1-9-19-13/h1-9H,10H2/b8-7+. The second kappa shape index (κ2) is 6.47. The highest BCUT2D eigenvalue weighted by Gasteiger charge is 2.08. The molecule has 0 aliphatic rings. The first kappa shape index (κ1) is 13.7. The molecule has 0 amide bonds. The summed E-state index contributed by atoms with van der Waals surface area (Å²) in [6.45, 7) is -0.396. The minimum Gasteiger partial charge on any atom is -0.465 e. The van der Waals surface area contributed by atoms with E-state index < -0.39 is 24.2 Å². The number of ether oxygens (including phenoxy) is 1. The number of halogens is 1. The largest absolute Gasteiger partial charge is 0.465 e. The fourth-order valence-corrected chi connectivity index (χ4v) is 1.44. The van der Waals surface area contributed by atoms with Gasteiger partial charge < -0.3 is 9.15 Å². The van der Waals surface area contributed by atoms with Gasteiger partial charge in [-0.1, -0.05) is 0 Å². The van der Waals surface area contributed by atoms with Gasteiger partial charge in [-0.25, -0.2) is 9.18 Å². The molecule has 1 aromatic heterocycles. The molecule has 0 fully saturated rings. The third-order valence-corrected chi connectivity index (χ3v) is 2.44. The number of rotatable bonds is 5. The van der Waals surface area contributed by atoms with Crippen LogP contribution in [0.3, 0.4) is 0 Å². The van der Waals surface area contributed by atoms with E-state index in [0.717, 1.165) is 6.08 Å². The quantitative estimate of drug-likeness (QED) is 0.478. The zero-order valence-corrected chi connectivity index (χ0v) is 10.4. The van der Waals surface area contributed by atoms with E-state index in [1.807, 2.05) is 0 Å². The third-order valence-electron chi connectivity index (χ3n) is 2.44. The Morgan fingerprint density at radius 1 is 1.20 bits per heavy atom. The van der Waals surface area contributed by atoms with Crippen molar-refractivity contribution in [2.45, 2.75) is 0 Å². The SMILES string of the molecule is O=C(/C=C/c1ccco1)OCC(=O)c1ccc(F)cc1. The number of benzene rings is 1. The fourth-order valence-electron chi connectivity index (χ4n) is 1.44. The van der Waals surface area contributed by atoms with Gasteiger partial charge in [0.05, 0.1) is 6.26 Å². The van der Waals surface area contributed by atoms with Crippen molar-refractivity contribution in [2.24, 2.45) is 0 Å². The van der Waals surface area contributed by atoms with E-state index in [2.05, 4.69) is 0 Å². The monoisotopic (exact) mass is 274 g/mol. The number of furan rings is 1. The van der Waals surface area contributed by atoms with E-state index in [-0.39, 0.29) is 5.56 Å². The van der Waals surface area contributed by atoms with Crippen molar-refractivity contribution in [1.29, 1.82) is 0 Å². The Labute approximate surface area is 114 Å². The molecule has 4 nitrogen and oxygen atoms in total. The lowest BCUT2D eigenvalue weighted by Crippen LogP contribution is -2.12. The molecule has 0 saturated carbocycles. The summed E-state index contributed by atoms with van der Waals surface area (Å²) in [5.41, 5.74) is 0.286. The molecule has 20 heavy (non-hydrogen) atoms. The Bertz CT molecular complexity index is 612. The Morgan fingerprint density at radius 3 is 2.60 bits per heavy atom. The molecule has 1 heterocycles. The summed E-state index contributed by atoms with van der Waals surface area (Å²) in [5, 5.41) is 0. The maximum Gasteiger partial charge on any atom is 0.331 e. The maximum atomic E-state index is 12.7. The zero-order valence-electron chi connectivity index (χ0n) is 10.4. The molecule has 0 unspecified atom stereocenters. The molecule has 0 N–H and O–H groups in total. The highest BCUT2D eigenvalue weighted by molar-refractivity contribution is 5.98. The number of Topliss-reactive ketones (excluding diaryl/α,β-unsaturated/α-hetero) is 1. The molecule has 2 rings (SSSR count). The topological polar surface area (TPSA) is 56.5 Å². The normalized spacial score (nSPS) is 10.7. The first-order valence-electron chi connectivity index (χ1n) is 5.82. The molecule has 0 atom stereocenters. The van der Waals surface area contributed by atoms with E-state index in [1.54, 1.807) is 12.1 Å². The minimum atomic E-state index is -0.656. The Morgan fingerprint density at radius 2 is 1.95 bits per heavy atom. The number of hydrogen-bond acceptors (Lipinski definition) is 4. The van der Waals surface area contributed by atoms with Gasteiger partial charge in [0.15, 0.2) is 12.4 Å². The molecule has 5 heteroatoms. The van der Waals surface area contributed by atoms with Crippen LogP contribution in [0.25, 0.3) is 6.08 Å². The van der Waals surface area contributed by atoms with Crippen LogP contribution < -0.4 is 0 Å². The van der Waals surface area contributed by atoms with E-state index in [9.17, 15) is 14.0 Å². The van der Waals surface area contributed by atoms with E-state index in [1.165, 1.54) is 36.6 Å². The molecule has 0 saturated heterocycles. The van der Waals surface area contributed by atoms with Crippen LogP contribution in [0.1, 0.15) is 16.1 Å². The van der Waals surface area contributed by atoms with E-state index in [4.69, 9.17) is 9.15 Å². The zero-order chi connectivity index (χ0) is 14.4. The van der Waals surface area contributed by atoms with Crippen molar-refractivity contribution in [3.8, 4) is 0 Å². The van der Waals surface area contributed by atoms with Gasteiger partial charge >= 0.3 is 5.97 Å². The highest BCUT2D eigenvalue weighted by Crippen LogP contribution is 2.05. The lowest BCUT2D eigenvalue weighted by molar-refractivity contribution is -0.136. The molecule has 0 bridgehead atoms. The lowest BCUT2D eigenvalue weighted by Gasteiger charge is -2.01. The lowest BCUT2D eigenvalue weighted by atomic mass is 10.1. The van der Waals surface area contributed by atoms with E-state index in [0.29, 0.717) is 5.76 Å². The van der Waals surface area contributed by atoms with Crippen LogP contribution in [0.4, 0.5) is 4.39 Å². The van der Waals surface area contributed by atoms with Crippen LogP contribution in [0.5, 0.6) is 0 Å². The second-order valence-electron chi connectivity index (χ2n) is 3.89. The predicted molar refractivity (Wildman–Crippen MR) is 69.4 cm³/mol. The minimum absolute atomic E-state index is 0.286. The van der Waals surface area contributed by atoms with E-state index >= 15 is 0 Å². The van der Waals surface area contributed by atoms with Crippen LogP contribution in [0.15, 0.2) is 53.2 Å². The summed E-state index contributed by atoms with van der Waals surface area (Å²) in [7, 11) is 0. The number of carbonyl (C=O) groups is 2. The average Bonchev–Trinajstić information content (AvgIpc) is 2.96. The predicted octanol–water partition coefficient (Wildman–Crippen LogP) is 2.86. The molecule has 2 aromatic rings. The van der Waals surface area contributed by atoms with Crippen molar-refractivity contribution in [2.75, 3.05) is 6.61 Å². The number of ketones is 1. The molecular formula is C15H11FO4. The van der Waals surface area contributed by atoms with Crippen molar-refractivity contribution in [1.82, 2.24) is 0 Å². The number of carbonyl (C=O) groups excluding carboxylic acids is 2. The van der Waals surface area contributed by atoms with Gasteiger partial charge in [-0.15, -0.1) is 0 Å². The van der Waals surface area contributed by atoms with Crippen LogP contribution in [0, 0.1) is 5.82 Å². The molecule has 0 radical (unpaired) electrons. The van der Waals surface area contributed by atoms with Gasteiger partial charge in [-0.2, -0.15) is 0 Å². The summed E-state index contributed by atoms with van der Waals surface area (Å²) in [6, 6.07) is 8.38. The number of hydrogen-bond donors (Lipinski definition) is 0. The van der Waals surface area contributed by atoms with Gasteiger partial charge in [0.2, 0.25) is 0 Å². The molecule has 0 aliphatic heterocycles. The van der Waals surface area contributed by atoms with Crippen LogP contribution >= 0.6 is 0 Å². The van der Waals surface area contributed by atoms with Crippen molar-refractivity contribution in [3.05, 3.63) is 65.9 Å². The molecule has 1 aromatic carbocycles. The van der Waals surface area contributed by atoms with Crippen molar-refractivity contribution in [3.63, 3.8) is 0 Å². The highest BCUT2D eigenvalue weighted by atomic mass is 19.1. The van der Waals surface area contributed by atoms with Gasteiger partial charge in [-0.05, 0) is 42.5 Å². The summed E-state index contributed by atoms with van der Waals surface area (Å²) in [4.78, 5) is 23.0. The first-order chi connectivity index (χ1) is 9.65. The van der Waals surface area contributed by atoms with Crippen LogP contribution in [-0.4, -0.2) is 18.4 Å². The summed E-state index contributed by atoms with van der Waals surface area (Å²) >= 11 is 0. The molecule has 0 spiro atoms. The summed E-state index contributed by atoms with van der Waals surface area (Å²) in [6.07, 6.45) is 4.07. The number of esters is 1. The van der Waals surface area contributed by atoms with Crippen LogP contribution in [-0.2, 0) is 9.53 Å². The van der Waals surface area contributed by atoms with Gasteiger partial charge in [0.25, 0.3) is 0 Å². The molecule has 0 aliphatic carbocycles. The van der Waals surface area contributed by atoms with Crippen molar-refractivity contribution >= 4 is 17.8 Å². The first-order valence-corrected chi connectivity index (χ1v) is 5.82. The van der Waals surface area contributed by atoms with Gasteiger partial charge in [-0.3, -0.25) is 4.79 Å². The molecular weight excluding hydrogens is 263 g/mol. The second-order valence-corrected chi connectivity index (χ2v) is 3.89. The molecule has 102 valence electrons. The van der Waals surface area contributed by atoms with Crippen LogP contribution in [0.2, 0.25) is 0 Å². The maximum absolute atomic E-state index is 12.7. The Balaban J connectivity index is 1.84. The fraction of sp³-hybridized carbons (Fsp3) is 0.0667. The smallest absolute Gasteiger partial charge is 0.331 e. The Kier molecular flexibility index (Phi) is 4.44. The third kappa shape index (κ3) is 3.91. The summed E-state index contributed by atoms with van der Waals surface area (Å²) < 4.78 is 22.5. The van der Waals surface area contributed by atoms with Gasteiger partial charge in [0, 0.05) is 11.6 Å². The Hall–Kier alpha value is -2.69. The summed E-state index contributed by atoms with van der Waals surface area (Å²) in [5.74, 6) is -0.978. The average molecular weight is 274 g/mol.